The summed E-state index contributed by atoms with van der Waals surface area (Å²) in [5, 5.41) is 11.2. The number of benzene rings is 2. The zero-order valence-corrected chi connectivity index (χ0v) is 18.7. The van der Waals surface area contributed by atoms with Gasteiger partial charge in [-0.1, -0.05) is 47.5 Å². The predicted molar refractivity (Wildman–Crippen MR) is 118 cm³/mol. The van der Waals surface area contributed by atoms with Crippen LogP contribution in [0.1, 0.15) is 29.6 Å². The SMILES string of the molecule is O=C1C2NNC(c3ccccc3O)C2C(c2ccc(Cl)c(Cl)c2)N1C1CCS(=O)(=O)C1. The Morgan fingerprint density at radius 2 is 1.77 bits per heavy atom. The molecule has 0 saturated carbocycles. The minimum absolute atomic E-state index is 0.0509. The third kappa shape index (κ3) is 3.50. The Kier molecular flexibility index (Phi) is 5.18. The lowest BCUT2D eigenvalue weighted by Crippen LogP contribution is -2.46. The summed E-state index contributed by atoms with van der Waals surface area (Å²) in [7, 11) is -3.19. The summed E-state index contributed by atoms with van der Waals surface area (Å²) < 4.78 is 24.4. The van der Waals surface area contributed by atoms with Crippen molar-refractivity contribution in [3.05, 3.63) is 63.6 Å². The van der Waals surface area contributed by atoms with Crippen molar-refractivity contribution in [1.82, 2.24) is 15.8 Å². The van der Waals surface area contributed by atoms with Crippen molar-refractivity contribution in [2.24, 2.45) is 5.92 Å². The number of fused-ring (bicyclic) bond motifs is 1. The molecule has 3 aliphatic rings. The number of aromatic hydroxyl groups is 1. The second kappa shape index (κ2) is 7.64. The van der Waals surface area contributed by atoms with Gasteiger partial charge in [-0.3, -0.25) is 4.79 Å². The summed E-state index contributed by atoms with van der Waals surface area (Å²) in [6.45, 7) is 0. The van der Waals surface area contributed by atoms with Gasteiger partial charge < -0.3 is 10.0 Å². The van der Waals surface area contributed by atoms with Gasteiger partial charge in [0.25, 0.3) is 0 Å². The molecule has 3 N–H and O–H groups in total. The summed E-state index contributed by atoms with van der Waals surface area (Å²) in [5.41, 5.74) is 7.70. The first-order valence-corrected chi connectivity index (χ1v) is 12.6. The topological polar surface area (TPSA) is 98.7 Å². The predicted octanol–water partition coefficient (Wildman–Crippen LogP) is 2.60. The Labute approximate surface area is 190 Å². The first-order chi connectivity index (χ1) is 14.8. The van der Waals surface area contributed by atoms with Crippen molar-refractivity contribution in [2.45, 2.75) is 30.6 Å². The minimum atomic E-state index is -3.19. The highest BCUT2D eigenvalue weighted by Gasteiger charge is 2.58. The quantitative estimate of drug-likeness (QED) is 0.622. The fourth-order valence-electron chi connectivity index (χ4n) is 5.16. The van der Waals surface area contributed by atoms with Gasteiger partial charge in [0.15, 0.2) is 9.84 Å². The van der Waals surface area contributed by atoms with Crippen LogP contribution in [0.25, 0.3) is 0 Å². The molecule has 3 heterocycles. The van der Waals surface area contributed by atoms with E-state index in [1.807, 2.05) is 18.2 Å². The summed E-state index contributed by atoms with van der Waals surface area (Å²) in [6.07, 6.45) is 0.403. The lowest BCUT2D eigenvalue weighted by atomic mass is 9.83. The van der Waals surface area contributed by atoms with E-state index in [-0.39, 0.29) is 35.1 Å². The average Bonchev–Trinajstić information content (AvgIpc) is 3.38. The number of hydrogen-bond donors (Lipinski definition) is 3. The number of hydrazine groups is 1. The molecule has 7 nitrogen and oxygen atoms in total. The molecule has 2 aromatic carbocycles. The van der Waals surface area contributed by atoms with Crippen LogP contribution in [0.3, 0.4) is 0 Å². The van der Waals surface area contributed by atoms with Crippen molar-refractivity contribution in [3.8, 4) is 5.75 Å². The molecule has 1 amide bonds. The van der Waals surface area contributed by atoms with Crippen LogP contribution < -0.4 is 10.9 Å². The van der Waals surface area contributed by atoms with E-state index in [1.54, 1.807) is 29.2 Å². The number of likely N-dealkylation sites (tertiary alicyclic amines) is 1. The van der Waals surface area contributed by atoms with Crippen molar-refractivity contribution >= 4 is 38.9 Å². The molecule has 3 saturated heterocycles. The van der Waals surface area contributed by atoms with E-state index in [0.29, 0.717) is 22.0 Å². The molecule has 0 aromatic heterocycles. The highest BCUT2D eigenvalue weighted by molar-refractivity contribution is 7.91. The van der Waals surface area contributed by atoms with E-state index in [9.17, 15) is 18.3 Å². The van der Waals surface area contributed by atoms with Gasteiger partial charge in [0.05, 0.1) is 33.6 Å². The maximum Gasteiger partial charge on any atom is 0.242 e. The summed E-state index contributed by atoms with van der Waals surface area (Å²) in [6, 6.07) is 10.5. The number of amides is 1. The molecule has 0 radical (unpaired) electrons. The van der Waals surface area contributed by atoms with Gasteiger partial charge in [0.1, 0.15) is 11.8 Å². The minimum Gasteiger partial charge on any atom is -0.508 e. The number of sulfone groups is 1. The highest BCUT2D eigenvalue weighted by atomic mass is 35.5. The molecule has 164 valence electrons. The first kappa shape index (κ1) is 21.0. The molecule has 5 atom stereocenters. The van der Waals surface area contributed by atoms with Crippen molar-refractivity contribution in [3.63, 3.8) is 0 Å². The van der Waals surface area contributed by atoms with Crippen LogP contribution in [0, 0.1) is 5.92 Å². The largest absolute Gasteiger partial charge is 0.508 e. The summed E-state index contributed by atoms with van der Waals surface area (Å²) in [5.74, 6) is -0.302. The molecule has 0 spiro atoms. The molecule has 0 aliphatic carbocycles. The molecule has 5 rings (SSSR count). The van der Waals surface area contributed by atoms with Gasteiger partial charge in [-0.05, 0) is 30.2 Å². The van der Waals surface area contributed by atoms with E-state index in [0.717, 1.165) is 5.56 Å². The van der Waals surface area contributed by atoms with E-state index in [1.165, 1.54) is 0 Å². The lowest BCUT2D eigenvalue weighted by molar-refractivity contribution is -0.132. The number of halogens is 2. The van der Waals surface area contributed by atoms with Crippen LogP contribution in [0.5, 0.6) is 5.75 Å². The Hall–Kier alpha value is -1.84. The number of phenols is 1. The van der Waals surface area contributed by atoms with Crippen LogP contribution in [0.4, 0.5) is 0 Å². The van der Waals surface area contributed by atoms with Crippen LogP contribution in [-0.2, 0) is 14.6 Å². The molecular formula is C21H21Cl2N3O4S. The molecule has 10 heteroatoms. The average molecular weight is 482 g/mol. The monoisotopic (exact) mass is 481 g/mol. The van der Waals surface area contributed by atoms with Crippen molar-refractivity contribution in [2.75, 3.05) is 11.5 Å². The van der Waals surface area contributed by atoms with E-state index in [2.05, 4.69) is 10.9 Å². The molecular weight excluding hydrogens is 461 g/mol. The summed E-state index contributed by atoms with van der Waals surface area (Å²) in [4.78, 5) is 15.2. The Bertz CT molecular complexity index is 1160. The maximum atomic E-state index is 13.5. The number of carbonyl (C=O) groups excluding carboxylic acids is 1. The van der Waals surface area contributed by atoms with E-state index >= 15 is 0 Å². The third-order valence-electron chi connectivity index (χ3n) is 6.51. The number of hydrogen-bond acceptors (Lipinski definition) is 6. The van der Waals surface area contributed by atoms with E-state index in [4.69, 9.17) is 23.2 Å². The number of nitrogens with one attached hydrogen (secondary N) is 2. The normalized spacial score (nSPS) is 31.9. The number of para-hydroxylation sites is 1. The molecule has 31 heavy (non-hydrogen) atoms. The fraction of sp³-hybridized carbons (Fsp3) is 0.381. The zero-order chi connectivity index (χ0) is 21.9. The lowest BCUT2D eigenvalue weighted by Gasteiger charge is -2.35. The second-order valence-corrected chi connectivity index (χ2v) is 11.3. The van der Waals surface area contributed by atoms with Crippen LogP contribution >= 0.6 is 23.2 Å². The molecule has 0 bridgehead atoms. The van der Waals surface area contributed by atoms with Crippen LogP contribution in [0.15, 0.2) is 42.5 Å². The first-order valence-electron chi connectivity index (χ1n) is 10.0. The Morgan fingerprint density at radius 1 is 1.03 bits per heavy atom. The Balaban J connectivity index is 1.62. The number of rotatable bonds is 3. The summed E-state index contributed by atoms with van der Waals surface area (Å²) >= 11 is 12.4. The van der Waals surface area contributed by atoms with E-state index < -0.39 is 28.0 Å². The van der Waals surface area contributed by atoms with Gasteiger partial charge in [-0.25, -0.2) is 19.3 Å². The van der Waals surface area contributed by atoms with Crippen LogP contribution in [0.2, 0.25) is 10.0 Å². The second-order valence-electron chi connectivity index (χ2n) is 8.30. The number of phenolic OH excluding ortho intramolecular Hbond substituents is 1. The Morgan fingerprint density at radius 3 is 2.45 bits per heavy atom. The van der Waals surface area contributed by atoms with Gasteiger partial charge in [0, 0.05) is 17.5 Å². The molecule has 5 unspecified atom stereocenters. The smallest absolute Gasteiger partial charge is 0.242 e. The van der Waals surface area contributed by atoms with Gasteiger partial charge in [0.2, 0.25) is 5.91 Å². The molecule has 2 aromatic rings. The molecule has 3 fully saturated rings. The van der Waals surface area contributed by atoms with Crippen molar-refractivity contribution in [1.29, 1.82) is 0 Å². The standard InChI is InChI=1S/C21H21Cl2N3O4S/c22-14-6-5-11(9-15(14)23)20-17-18(13-3-1-2-4-16(13)27)24-25-19(17)21(28)26(20)12-7-8-31(29,30)10-12/h1-6,9,12,17-20,24-25,27H,7-8,10H2. The zero-order valence-electron chi connectivity index (χ0n) is 16.3. The number of carbonyl (C=O) groups is 1. The van der Waals surface area contributed by atoms with Gasteiger partial charge >= 0.3 is 0 Å². The highest BCUT2D eigenvalue weighted by Crippen LogP contribution is 2.50. The number of nitrogens with zero attached hydrogens (tertiary/aromatic N) is 1. The van der Waals surface area contributed by atoms with Gasteiger partial charge in [-0.15, -0.1) is 0 Å². The van der Waals surface area contributed by atoms with Crippen LogP contribution in [-0.4, -0.2) is 47.9 Å². The van der Waals surface area contributed by atoms with Gasteiger partial charge in [-0.2, -0.15) is 0 Å². The molecule has 3 aliphatic heterocycles. The van der Waals surface area contributed by atoms with Crippen molar-refractivity contribution < 1.29 is 18.3 Å². The maximum absolute atomic E-state index is 13.5. The third-order valence-corrected chi connectivity index (χ3v) is 9.00. The fourth-order valence-corrected chi connectivity index (χ4v) is 7.17.